The standard InChI is InChI=1S/C19H21FN2O3/c1-25-19(24)15-6-8-16(9-7-15)21-13-11-18(23)22-12-10-14-4-2-3-5-17(14)20/h2-9,21H,10-13H2,1H3,(H,22,23). The smallest absolute Gasteiger partial charge is 0.337 e. The van der Waals surface area contributed by atoms with E-state index in [-0.39, 0.29) is 17.7 Å². The summed E-state index contributed by atoms with van der Waals surface area (Å²) in [5, 5.41) is 5.87. The summed E-state index contributed by atoms with van der Waals surface area (Å²) >= 11 is 0. The van der Waals surface area contributed by atoms with Crippen LogP contribution in [0.4, 0.5) is 10.1 Å². The number of anilines is 1. The van der Waals surface area contributed by atoms with Gasteiger partial charge in [-0.05, 0) is 42.3 Å². The molecule has 132 valence electrons. The van der Waals surface area contributed by atoms with Gasteiger partial charge in [0.1, 0.15) is 5.82 Å². The molecule has 2 rings (SSSR count). The van der Waals surface area contributed by atoms with E-state index in [4.69, 9.17) is 0 Å². The summed E-state index contributed by atoms with van der Waals surface area (Å²) in [6.45, 7) is 0.858. The lowest BCUT2D eigenvalue weighted by molar-refractivity contribution is -0.120. The number of esters is 1. The van der Waals surface area contributed by atoms with Crippen LogP contribution in [0, 0.1) is 5.82 Å². The highest BCUT2D eigenvalue weighted by Gasteiger charge is 2.05. The first kappa shape index (κ1) is 18.4. The van der Waals surface area contributed by atoms with Crippen molar-refractivity contribution in [1.82, 2.24) is 5.32 Å². The number of hydrogen-bond acceptors (Lipinski definition) is 4. The van der Waals surface area contributed by atoms with Crippen molar-refractivity contribution >= 4 is 17.6 Å². The average molecular weight is 344 g/mol. The molecule has 0 unspecified atom stereocenters. The number of amides is 1. The number of halogens is 1. The fourth-order valence-electron chi connectivity index (χ4n) is 2.29. The van der Waals surface area contributed by atoms with E-state index < -0.39 is 0 Å². The first-order valence-electron chi connectivity index (χ1n) is 8.02. The zero-order valence-electron chi connectivity index (χ0n) is 14.0. The van der Waals surface area contributed by atoms with E-state index in [0.29, 0.717) is 37.1 Å². The Hall–Kier alpha value is -2.89. The van der Waals surface area contributed by atoms with Crippen molar-refractivity contribution in [2.24, 2.45) is 0 Å². The molecule has 0 saturated carbocycles. The summed E-state index contributed by atoms with van der Waals surface area (Å²) in [4.78, 5) is 23.1. The van der Waals surface area contributed by atoms with E-state index >= 15 is 0 Å². The van der Waals surface area contributed by atoms with Crippen molar-refractivity contribution in [3.05, 3.63) is 65.5 Å². The molecule has 5 nitrogen and oxygen atoms in total. The fourth-order valence-corrected chi connectivity index (χ4v) is 2.29. The largest absolute Gasteiger partial charge is 0.465 e. The van der Waals surface area contributed by atoms with Crippen molar-refractivity contribution < 1.29 is 18.7 Å². The molecule has 0 radical (unpaired) electrons. The molecular formula is C19H21FN2O3. The van der Waals surface area contributed by atoms with Gasteiger partial charge < -0.3 is 15.4 Å². The predicted octanol–water partition coefficient (Wildman–Crippen LogP) is 2.77. The molecule has 0 aliphatic rings. The molecule has 2 N–H and O–H groups in total. The third-order valence-corrected chi connectivity index (χ3v) is 3.66. The van der Waals surface area contributed by atoms with E-state index in [1.54, 1.807) is 42.5 Å². The molecule has 0 aromatic heterocycles. The zero-order valence-corrected chi connectivity index (χ0v) is 14.0. The van der Waals surface area contributed by atoms with Crippen LogP contribution < -0.4 is 10.6 Å². The first-order chi connectivity index (χ1) is 12.1. The topological polar surface area (TPSA) is 67.4 Å². The molecule has 25 heavy (non-hydrogen) atoms. The van der Waals surface area contributed by atoms with Crippen LogP contribution in [0.3, 0.4) is 0 Å². The molecule has 0 atom stereocenters. The summed E-state index contributed by atoms with van der Waals surface area (Å²) < 4.78 is 18.1. The van der Waals surface area contributed by atoms with Crippen molar-refractivity contribution in [3.63, 3.8) is 0 Å². The van der Waals surface area contributed by atoms with E-state index in [2.05, 4.69) is 15.4 Å². The number of benzene rings is 2. The summed E-state index contributed by atoms with van der Waals surface area (Å²) in [6, 6.07) is 13.3. The molecular weight excluding hydrogens is 323 g/mol. The summed E-state index contributed by atoms with van der Waals surface area (Å²) in [7, 11) is 1.33. The van der Waals surface area contributed by atoms with Gasteiger partial charge in [-0.15, -0.1) is 0 Å². The molecule has 0 fully saturated rings. The maximum Gasteiger partial charge on any atom is 0.337 e. The summed E-state index contributed by atoms with van der Waals surface area (Å²) in [5.74, 6) is -0.746. The van der Waals surface area contributed by atoms with Crippen LogP contribution in [0.15, 0.2) is 48.5 Å². The number of carbonyl (C=O) groups excluding carboxylic acids is 2. The number of rotatable bonds is 8. The van der Waals surface area contributed by atoms with Crippen molar-refractivity contribution in [1.29, 1.82) is 0 Å². The molecule has 6 heteroatoms. The van der Waals surface area contributed by atoms with Crippen LogP contribution in [-0.2, 0) is 16.0 Å². The Morgan fingerprint density at radius 1 is 1.04 bits per heavy atom. The maximum absolute atomic E-state index is 13.5. The molecule has 1 amide bonds. The van der Waals surface area contributed by atoms with Gasteiger partial charge in [0.2, 0.25) is 5.91 Å². The molecule has 0 spiro atoms. The van der Waals surface area contributed by atoms with Crippen molar-refractivity contribution in [2.45, 2.75) is 12.8 Å². The monoisotopic (exact) mass is 344 g/mol. The normalized spacial score (nSPS) is 10.2. The predicted molar refractivity (Wildman–Crippen MR) is 94.0 cm³/mol. The molecule has 2 aromatic rings. The highest BCUT2D eigenvalue weighted by atomic mass is 19.1. The van der Waals surface area contributed by atoms with Gasteiger partial charge in [-0.25, -0.2) is 9.18 Å². The Bertz CT molecular complexity index is 717. The molecule has 0 aliphatic carbocycles. The van der Waals surface area contributed by atoms with Crippen LogP contribution in [0.1, 0.15) is 22.3 Å². The van der Waals surface area contributed by atoms with Crippen LogP contribution in [-0.4, -0.2) is 32.1 Å². The highest BCUT2D eigenvalue weighted by Crippen LogP contribution is 2.10. The van der Waals surface area contributed by atoms with Crippen molar-refractivity contribution in [2.75, 3.05) is 25.5 Å². The third-order valence-electron chi connectivity index (χ3n) is 3.66. The Balaban J connectivity index is 1.66. The second-order valence-electron chi connectivity index (χ2n) is 5.44. The van der Waals surface area contributed by atoms with Gasteiger partial charge in [0.15, 0.2) is 0 Å². The number of carbonyl (C=O) groups is 2. The Morgan fingerprint density at radius 2 is 1.76 bits per heavy atom. The van der Waals surface area contributed by atoms with Crippen LogP contribution >= 0.6 is 0 Å². The molecule has 0 aliphatic heterocycles. The van der Waals surface area contributed by atoms with Gasteiger partial charge in [0.25, 0.3) is 0 Å². The lowest BCUT2D eigenvalue weighted by Crippen LogP contribution is -2.27. The highest BCUT2D eigenvalue weighted by molar-refractivity contribution is 5.89. The van der Waals surface area contributed by atoms with E-state index in [1.165, 1.54) is 13.2 Å². The zero-order chi connectivity index (χ0) is 18.1. The van der Waals surface area contributed by atoms with Gasteiger partial charge in [0.05, 0.1) is 12.7 Å². The third kappa shape index (κ3) is 5.91. The lowest BCUT2D eigenvalue weighted by atomic mass is 10.1. The van der Waals surface area contributed by atoms with Gasteiger partial charge in [-0.1, -0.05) is 18.2 Å². The van der Waals surface area contributed by atoms with Gasteiger partial charge in [-0.2, -0.15) is 0 Å². The minimum atomic E-state index is -0.388. The average Bonchev–Trinajstić information content (AvgIpc) is 2.63. The minimum Gasteiger partial charge on any atom is -0.465 e. The van der Waals surface area contributed by atoms with Gasteiger partial charge in [0, 0.05) is 25.2 Å². The number of methoxy groups -OCH3 is 1. The Kier molecular flexibility index (Phi) is 6.95. The van der Waals surface area contributed by atoms with Crippen LogP contribution in [0.5, 0.6) is 0 Å². The second kappa shape index (κ2) is 9.42. The van der Waals surface area contributed by atoms with E-state index in [9.17, 15) is 14.0 Å². The number of ether oxygens (including phenoxy) is 1. The number of nitrogens with one attached hydrogen (secondary N) is 2. The molecule has 0 bridgehead atoms. The second-order valence-corrected chi connectivity index (χ2v) is 5.44. The molecule has 0 heterocycles. The summed E-state index contributed by atoms with van der Waals surface area (Å²) in [5.41, 5.74) is 1.87. The van der Waals surface area contributed by atoms with E-state index in [0.717, 1.165) is 5.69 Å². The number of hydrogen-bond donors (Lipinski definition) is 2. The quantitative estimate of drug-likeness (QED) is 0.723. The van der Waals surface area contributed by atoms with E-state index in [1.807, 2.05) is 0 Å². The molecule has 0 saturated heterocycles. The maximum atomic E-state index is 13.5. The first-order valence-corrected chi connectivity index (χ1v) is 8.02. The Morgan fingerprint density at radius 3 is 2.44 bits per heavy atom. The minimum absolute atomic E-state index is 0.102. The Labute approximate surface area is 146 Å². The fraction of sp³-hybridized carbons (Fsp3) is 0.263. The molecule has 2 aromatic carbocycles. The SMILES string of the molecule is COC(=O)c1ccc(NCCC(=O)NCCc2ccccc2F)cc1. The summed E-state index contributed by atoms with van der Waals surface area (Å²) in [6.07, 6.45) is 0.761. The van der Waals surface area contributed by atoms with Crippen molar-refractivity contribution in [3.8, 4) is 0 Å². The van der Waals surface area contributed by atoms with Gasteiger partial charge in [-0.3, -0.25) is 4.79 Å². The van der Waals surface area contributed by atoms with Crippen LogP contribution in [0.25, 0.3) is 0 Å². The lowest BCUT2D eigenvalue weighted by Gasteiger charge is -2.08. The van der Waals surface area contributed by atoms with Gasteiger partial charge >= 0.3 is 5.97 Å². The van der Waals surface area contributed by atoms with Crippen LogP contribution in [0.2, 0.25) is 0 Å².